The average Bonchev–Trinajstić information content (AvgIpc) is 3.45. The number of amides is 1. The number of carbonyl (C=O) groups excluding carboxylic acids is 1. The van der Waals surface area contributed by atoms with E-state index in [0.29, 0.717) is 36.3 Å². The number of rotatable bonds is 8. The molecule has 0 aliphatic heterocycles. The van der Waals surface area contributed by atoms with Gasteiger partial charge in [0.05, 0.1) is 23.9 Å². The van der Waals surface area contributed by atoms with Crippen molar-refractivity contribution in [2.45, 2.75) is 40.0 Å². The number of hydrogen-bond acceptors (Lipinski definition) is 8. The highest BCUT2D eigenvalue weighted by Gasteiger charge is 2.13. The van der Waals surface area contributed by atoms with Gasteiger partial charge in [0.1, 0.15) is 5.69 Å². The predicted octanol–water partition coefficient (Wildman–Crippen LogP) is 5.06. The van der Waals surface area contributed by atoms with E-state index >= 15 is 0 Å². The fourth-order valence-corrected chi connectivity index (χ4v) is 3.06. The molecule has 1 aliphatic rings. The van der Waals surface area contributed by atoms with Crippen molar-refractivity contribution in [3.8, 4) is 16.5 Å². The Hall–Kier alpha value is -2.91. The predicted molar refractivity (Wildman–Crippen MR) is 135 cm³/mol. The van der Waals surface area contributed by atoms with Gasteiger partial charge in [-0.05, 0) is 43.9 Å². The van der Waals surface area contributed by atoms with Gasteiger partial charge in [0.25, 0.3) is 5.91 Å². The Morgan fingerprint density at radius 1 is 1.21 bits per heavy atom. The third-order valence-electron chi connectivity index (χ3n) is 4.38. The number of thiazole rings is 1. The molecule has 1 N–H and O–H groups in total. The van der Waals surface area contributed by atoms with E-state index in [1.165, 1.54) is 29.7 Å². The van der Waals surface area contributed by atoms with E-state index in [2.05, 4.69) is 32.2 Å². The molecule has 1 saturated carbocycles. The van der Waals surface area contributed by atoms with Gasteiger partial charge in [-0.3, -0.25) is 14.8 Å². The lowest BCUT2D eigenvalue weighted by atomic mass is 10.3. The summed E-state index contributed by atoms with van der Waals surface area (Å²) >= 11 is 1.27. The van der Waals surface area contributed by atoms with Gasteiger partial charge < -0.3 is 14.8 Å². The van der Waals surface area contributed by atoms with E-state index in [1.54, 1.807) is 38.1 Å². The molecule has 0 spiro atoms. The first-order valence-electron chi connectivity index (χ1n) is 11.1. The summed E-state index contributed by atoms with van der Waals surface area (Å²) in [5.41, 5.74) is 1.90. The molecule has 0 saturated heterocycles. The zero-order chi connectivity index (χ0) is 23.9. The van der Waals surface area contributed by atoms with Crippen molar-refractivity contribution < 1.29 is 17.1 Å². The van der Waals surface area contributed by atoms with Crippen molar-refractivity contribution in [2.24, 2.45) is 5.92 Å². The summed E-state index contributed by atoms with van der Waals surface area (Å²) in [6, 6.07) is 3.94. The van der Waals surface area contributed by atoms with Crippen LogP contribution in [0.1, 0.15) is 51.3 Å². The van der Waals surface area contributed by atoms with Crippen molar-refractivity contribution in [1.82, 2.24) is 25.3 Å². The van der Waals surface area contributed by atoms with Crippen LogP contribution in [-0.4, -0.2) is 52.7 Å². The average molecular weight is 476 g/mol. The van der Waals surface area contributed by atoms with Crippen molar-refractivity contribution >= 4 is 17.2 Å². The van der Waals surface area contributed by atoms with Crippen LogP contribution in [0.15, 0.2) is 43.1 Å². The van der Waals surface area contributed by atoms with Gasteiger partial charge >= 0.3 is 0 Å². The van der Waals surface area contributed by atoms with Gasteiger partial charge in [-0.2, -0.15) is 0 Å². The van der Waals surface area contributed by atoms with Crippen molar-refractivity contribution in [2.75, 3.05) is 26.9 Å². The summed E-state index contributed by atoms with van der Waals surface area (Å²) < 4.78 is 10.2. The van der Waals surface area contributed by atoms with Crippen LogP contribution in [-0.2, 0) is 4.74 Å². The summed E-state index contributed by atoms with van der Waals surface area (Å²) in [6.07, 6.45) is 12.1. The van der Waals surface area contributed by atoms with Crippen LogP contribution in [0.4, 0.5) is 0 Å². The molecule has 3 heterocycles. The number of aromatic nitrogens is 4. The molecule has 0 aromatic carbocycles. The van der Waals surface area contributed by atoms with E-state index in [9.17, 15) is 4.79 Å². The summed E-state index contributed by atoms with van der Waals surface area (Å²) in [7, 11) is 1.63. The minimum absolute atomic E-state index is 0. The van der Waals surface area contributed by atoms with Gasteiger partial charge in [0.2, 0.25) is 5.88 Å². The zero-order valence-electron chi connectivity index (χ0n) is 19.8. The quantitative estimate of drug-likeness (QED) is 0.454. The number of carbonyl (C=O) groups is 1. The Kier molecular flexibility index (Phi) is 12.0. The second-order valence-corrected chi connectivity index (χ2v) is 8.55. The highest BCUT2D eigenvalue weighted by molar-refractivity contribution is 7.16. The monoisotopic (exact) mass is 475 g/mol. The summed E-state index contributed by atoms with van der Waals surface area (Å²) in [5.74, 6) is 1.35. The molecule has 8 nitrogen and oxygen atoms in total. The lowest BCUT2D eigenvalue weighted by Crippen LogP contribution is -2.24. The Labute approximate surface area is 202 Å². The number of pyridine rings is 1. The summed E-state index contributed by atoms with van der Waals surface area (Å²) in [5, 5.41) is 3.20. The fraction of sp³-hybridized carbons (Fsp3) is 0.458. The van der Waals surface area contributed by atoms with Crippen LogP contribution in [0.3, 0.4) is 0 Å². The lowest BCUT2D eigenvalue weighted by molar-refractivity contribution is 0.0948. The first-order valence-corrected chi connectivity index (χ1v) is 11.9. The summed E-state index contributed by atoms with van der Waals surface area (Å²) in [4.78, 5) is 29.1. The highest BCUT2D eigenvalue weighted by Crippen LogP contribution is 2.27. The molecule has 33 heavy (non-hydrogen) atoms. The third kappa shape index (κ3) is 11.0. The maximum Gasteiger partial charge on any atom is 0.280 e. The van der Waals surface area contributed by atoms with Crippen LogP contribution < -0.4 is 10.1 Å². The molecule has 9 heteroatoms. The molecule has 1 fully saturated rings. The van der Waals surface area contributed by atoms with Gasteiger partial charge in [0.15, 0.2) is 5.01 Å². The minimum atomic E-state index is -0.193. The second-order valence-electron chi connectivity index (χ2n) is 7.51. The number of nitrogens with one attached hydrogen (secondary N) is 1. The smallest absolute Gasteiger partial charge is 0.280 e. The van der Waals surface area contributed by atoms with Crippen molar-refractivity contribution in [3.05, 3.63) is 53.7 Å². The number of hydrogen-bond donors (Lipinski definition) is 1. The van der Waals surface area contributed by atoms with Gasteiger partial charge in [0, 0.05) is 41.7 Å². The highest BCUT2D eigenvalue weighted by atomic mass is 32.1. The number of nitrogens with zero attached hydrogens (tertiary/aromatic N) is 4. The van der Waals surface area contributed by atoms with Crippen LogP contribution in [0.5, 0.6) is 5.88 Å². The van der Waals surface area contributed by atoms with E-state index in [1.807, 2.05) is 26.0 Å². The topological polar surface area (TPSA) is 99.1 Å². The van der Waals surface area contributed by atoms with E-state index < -0.39 is 0 Å². The first kappa shape index (κ1) is 26.3. The normalized spacial score (nSPS) is 12.0. The van der Waals surface area contributed by atoms with Gasteiger partial charge in [-0.25, -0.2) is 9.97 Å². The molecule has 4 rings (SSSR count). The third-order valence-corrected chi connectivity index (χ3v) is 5.40. The van der Waals surface area contributed by atoms with Crippen LogP contribution in [0.25, 0.3) is 10.6 Å². The number of methoxy groups -OCH3 is 1. The number of aryl methyl sites for hydroxylation is 1. The first-order chi connectivity index (χ1) is 16.0. The Morgan fingerprint density at radius 3 is 2.52 bits per heavy atom. The molecule has 1 aliphatic carbocycles. The molecule has 3 aromatic heterocycles. The largest absolute Gasteiger partial charge is 0.477 e. The van der Waals surface area contributed by atoms with Crippen molar-refractivity contribution in [3.63, 3.8) is 0 Å². The van der Waals surface area contributed by atoms with Crippen LogP contribution >= 0.6 is 11.3 Å². The summed E-state index contributed by atoms with van der Waals surface area (Å²) in [6.45, 7) is 7.90. The van der Waals surface area contributed by atoms with E-state index in [4.69, 9.17) is 9.47 Å². The minimum Gasteiger partial charge on any atom is -0.477 e. The van der Waals surface area contributed by atoms with E-state index in [-0.39, 0.29) is 8.76 Å². The fourth-order valence-electron chi connectivity index (χ4n) is 2.27. The number of ether oxygens (including phenoxy) is 2. The maximum absolute atomic E-state index is 12.0. The van der Waals surface area contributed by atoms with E-state index in [0.717, 1.165) is 17.2 Å². The Bertz CT molecular complexity index is 959. The molecule has 0 atom stereocenters. The molecular weight excluding hydrogens is 438 g/mol. The zero-order valence-corrected chi connectivity index (χ0v) is 20.6. The van der Waals surface area contributed by atoms with Crippen LogP contribution in [0.2, 0.25) is 0 Å². The standard InChI is InChI=1S/C14H18N4O3S.C6H7N.C4H8.2H2/c1-3-21-12-9-15-7-10(18-12)11-8-17-14(22-11)13(19)16-5-4-6-20-2;1-6-2-4-7-5-3-6;1-4-2-3-4;;/h7-9H,3-6H2,1-2H3,(H,16,19);2-5H,1H3;4H,2-3H2,1H3;2*1H. The van der Waals surface area contributed by atoms with Crippen molar-refractivity contribution in [1.29, 1.82) is 0 Å². The van der Waals surface area contributed by atoms with Gasteiger partial charge in [-0.1, -0.05) is 19.8 Å². The second kappa shape index (κ2) is 15.0. The molecule has 3 aromatic rings. The maximum atomic E-state index is 12.0. The molecule has 0 unspecified atom stereocenters. The molecule has 182 valence electrons. The SMILES string of the molecule is CC1CC1.CCOc1cncc(-c2cnc(C(=O)NCCCOC)s2)n1.Cc1ccncc1.[HH].[HH]. The lowest BCUT2D eigenvalue weighted by Gasteiger charge is -2.02. The molecule has 0 radical (unpaired) electrons. The Balaban J connectivity index is 0.000000730. The van der Waals surface area contributed by atoms with Gasteiger partial charge in [-0.15, -0.1) is 11.3 Å². The molecule has 0 bridgehead atoms. The Morgan fingerprint density at radius 2 is 1.94 bits per heavy atom. The molecular formula is C24H37N5O3S. The molecule has 1 amide bonds. The van der Waals surface area contributed by atoms with Crippen LogP contribution in [0, 0.1) is 12.8 Å².